The number of nitrogens with one attached hydrogen (secondary N) is 3. The number of alkyl carbamates (subject to hydrolysis) is 1. The molecule has 0 radical (unpaired) electrons. The van der Waals surface area contributed by atoms with Crippen LogP contribution >= 0.6 is 0 Å². The lowest BCUT2D eigenvalue weighted by Gasteiger charge is -2.29. The molecule has 5 amide bonds. The first-order chi connectivity index (χ1) is 18.5. The third kappa shape index (κ3) is 6.81. The Balaban J connectivity index is 1.38. The highest BCUT2D eigenvalue weighted by Gasteiger charge is 2.40. The van der Waals surface area contributed by atoms with E-state index in [4.69, 9.17) is 4.74 Å². The van der Waals surface area contributed by atoms with E-state index in [0.717, 1.165) is 32.1 Å². The predicted molar refractivity (Wildman–Crippen MR) is 144 cm³/mol. The number of carbonyl (C=O) groups excluding carboxylic acids is 5. The van der Waals surface area contributed by atoms with Gasteiger partial charge in [0.1, 0.15) is 12.1 Å². The second-order valence-corrected chi connectivity index (χ2v) is 10.8. The maximum Gasteiger partial charge on any atom is 0.408 e. The van der Waals surface area contributed by atoms with Crippen molar-refractivity contribution in [1.29, 1.82) is 0 Å². The molecular formula is C29H34N4O6. The molecule has 10 nitrogen and oxygen atoms in total. The number of amides is 5. The molecule has 206 valence electrons. The maximum absolute atomic E-state index is 13.1. The summed E-state index contributed by atoms with van der Waals surface area (Å²) in [6, 6.07) is 11.4. The molecule has 1 aliphatic heterocycles. The van der Waals surface area contributed by atoms with Crippen molar-refractivity contribution in [2.75, 3.05) is 11.9 Å². The normalized spacial score (nSPS) is 15.5. The second-order valence-electron chi connectivity index (χ2n) is 10.8. The van der Waals surface area contributed by atoms with E-state index in [1.165, 1.54) is 23.1 Å². The minimum absolute atomic E-state index is 0.0927. The van der Waals surface area contributed by atoms with Crippen molar-refractivity contribution in [3.63, 3.8) is 0 Å². The van der Waals surface area contributed by atoms with E-state index < -0.39 is 23.5 Å². The maximum atomic E-state index is 13.1. The Morgan fingerprint density at radius 2 is 1.62 bits per heavy atom. The lowest BCUT2D eigenvalue weighted by Crippen LogP contribution is -2.40. The third-order valence-electron chi connectivity index (χ3n) is 6.65. The van der Waals surface area contributed by atoms with Crippen molar-refractivity contribution in [1.82, 2.24) is 15.5 Å². The lowest BCUT2D eigenvalue weighted by atomic mass is 9.94. The highest BCUT2D eigenvalue weighted by atomic mass is 16.6. The number of fused-ring (bicyclic) bond motifs is 1. The summed E-state index contributed by atoms with van der Waals surface area (Å²) >= 11 is 0. The van der Waals surface area contributed by atoms with Gasteiger partial charge in [-0.05, 0) is 63.4 Å². The highest BCUT2D eigenvalue weighted by Crippen LogP contribution is 2.31. The van der Waals surface area contributed by atoms with Crippen LogP contribution in [0.15, 0.2) is 42.5 Å². The number of rotatable bonds is 7. The molecule has 0 spiro atoms. The zero-order valence-corrected chi connectivity index (χ0v) is 22.5. The van der Waals surface area contributed by atoms with Crippen LogP contribution in [0.4, 0.5) is 10.5 Å². The van der Waals surface area contributed by atoms with Crippen LogP contribution in [-0.2, 0) is 16.1 Å². The van der Waals surface area contributed by atoms with E-state index in [1.807, 2.05) is 0 Å². The number of para-hydroxylation sites is 1. The van der Waals surface area contributed by atoms with E-state index in [-0.39, 0.29) is 42.1 Å². The standard InChI is InChI=1S/C29H34N4O6/c1-29(2,3)39-28(38)31-17-24(34)30-16-19-9-7-8-12-23(19)32-25(35)18-13-14-21-22(15-18)27(37)33(26(21)36)20-10-5-4-6-11-20/h7-9,12-15,20H,4-6,10-11,16-17H2,1-3H3,(H,30,34)(H,31,38)(H,32,35). The average molecular weight is 535 g/mol. The molecule has 2 aliphatic rings. The Labute approximate surface area is 227 Å². The number of hydrogen-bond donors (Lipinski definition) is 3. The molecule has 0 atom stereocenters. The Morgan fingerprint density at radius 3 is 2.33 bits per heavy atom. The first-order valence-electron chi connectivity index (χ1n) is 13.2. The molecule has 3 N–H and O–H groups in total. The molecule has 1 heterocycles. The molecule has 0 saturated heterocycles. The fourth-order valence-corrected chi connectivity index (χ4v) is 4.79. The van der Waals surface area contributed by atoms with Crippen LogP contribution < -0.4 is 16.0 Å². The van der Waals surface area contributed by atoms with Gasteiger partial charge in [0, 0.05) is 23.8 Å². The fourth-order valence-electron chi connectivity index (χ4n) is 4.79. The van der Waals surface area contributed by atoms with Crippen LogP contribution in [0.5, 0.6) is 0 Å². The Hall–Kier alpha value is -4.21. The Morgan fingerprint density at radius 1 is 0.923 bits per heavy atom. The topological polar surface area (TPSA) is 134 Å². The summed E-state index contributed by atoms with van der Waals surface area (Å²) < 4.78 is 5.11. The molecule has 2 aromatic rings. The summed E-state index contributed by atoms with van der Waals surface area (Å²) in [7, 11) is 0. The number of carbonyl (C=O) groups is 5. The van der Waals surface area contributed by atoms with Crippen molar-refractivity contribution < 1.29 is 28.7 Å². The summed E-state index contributed by atoms with van der Waals surface area (Å²) in [5.41, 5.74) is 1.28. The van der Waals surface area contributed by atoms with Crippen molar-refractivity contribution in [3.05, 3.63) is 64.7 Å². The number of imide groups is 1. The van der Waals surface area contributed by atoms with Gasteiger partial charge in [-0.1, -0.05) is 37.5 Å². The SMILES string of the molecule is CC(C)(C)OC(=O)NCC(=O)NCc1ccccc1NC(=O)c1ccc2c(c1)C(=O)N(C1CCCCC1)C2=O. The average Bonchev–Trinajstić information content (AvgIpc) is 3.15. The van der Waals surface area contributed by atoms with Crippen LogP contribution in [0.2, 0.25) is 0 Å². The predicted octanol–water partition coefficient (Wildman–Crippen LogP) is 4.01. The van der Waals surface area contributed by atoms with Gasteiger partial charge < -0.3 is 20.7 Å². The summed E-state index contributed by atoms with van der Waals surface area (Å²) in [6.07, 6.45) is 4.02. The summed E-state index contributed by atoms with van der Waals surface area (Å²) in [4.78, 5) is 64.5. The van der Waals surface area contributed by atoms with Crippen LogP contribution in [-0.4, -0.2) is 52.8 Å². The van der Waals surface area contributed by atoms with Gasteiger partial charge in [0.25, 0.3) is 17.7 Å². The molecule has 0 aromatic heterocycles. The number of nitrogens with zero attached hydrogens (tertiary/aromatic N) is 1. The molecule has 39 heavy (non-hydrogen) atoms. The van der Waals surface area contributed by atoms with Crippen LogP contribution in [0, 0.1) is 0 Å². The van der Waals surface area contributed by atoms with E-state index in [9.17, 15) is 24.0 Å². The molecule has 0 bridgehead atoms. The summed E-state index contributed by atoms with van der Waals surface area (Å²) in [6.45, 7) is 5.03. The molecule has 10 heteroatoms. The van der Waals surface area contributed by atoms with Gasteiger partial charge >= 0.3 is 6.09 Å². The Kier molecular flexibility index (Phi) is 8.32. The lowest BCUT2D eigenvalue weighted by molar-refractivity contribution is -0.120. The van der Waals surface area contributed by atoms with Crippen molar-refractivity contribution in [2.24, 2.45) is 0 Å². The van der Waals surface area contributed by atoms with Gasteiger partial charge in [-0.15, -0.1) is 0 Å². The van der Waals surface area contributed by atoms with Gasteiger partial charge in [0.2, 0.25) is 5.91 Å². The van der Waals surface area contributed by atoms with E-state index in [2.05, 4.69) is 16.0 Å². The van der Waals surface area contributed by atoms with Gasteiger partial charge in [-0.2, -0.15) is 0 Å². The van der Waals surface area contributed by atoms with Crippen molar-refractivity contribution in [2.45, 2.75) is 71.1 Å². The third-order valence-corrected chi connectivity index (χ3v) is 6.65. The quantitative estimate of drug-likeness (QED) is 0.460. The molecule has 4 rings (SSSR count). The first-order valence-corrected chi connectivity index (χ1v) is 13.2. The van der Waals surface area contributed by atoms with Gasteiger partial charge in [-0.3, -0.25) is 24.1 Å². The fraction of sp³-hybridized carbons (Fsp3) is 0.414. The van der Waals surface area contributed by atoms with E-state index >= 15 is 0 Å². The van der Waals surface area contributed by atoms with Gasteiger partial charge in [-0.25, -0.2) is 4.79 Å². The minimum atomic E-state index is -0.693. The smallest absolute Gasteiger partial charge is 0.408 e. The zero-order valence-electron chi connectivity index (χ0n) is 22.5. The molecule has 1 saturated carbocycles. The molecule has 0 unspecified atom stereocenters. The van der Waals surface area contributed by atoms with E-state index in [1.54, 1.807) is 45.0 Å². The first kappa shape index (κ1) is 27.8. The van der Waals surface area contributed by atoms with Crippen molar-refractivity contribution in [3.8, 4) is 0 Å². The highest BCUT2D eigenvalue weighted by molar-refractivity contribution is 6.22. The van der Waals surface area contributed by atoms with Crippen LogP contribution in [0.1, 0.15) is 89.5 Å². The van der Waals surface area contributed by atoms with Gasteiger partial charge in [0.15, 0.2) is 0 Å². The number of ether oxygens (including phenoxy) is 1. The van der Waals surface area contributed by atoms with Crippen molar-refractivity contribution >= 4 is 35.4 Å². The van der Waals surface area contributed by atoms with E-state index in [0.29, 0.717) is 16.8 Å². The summed E-state index contributed by atoms with van der Waals surface area (Å²) in [5, 5.41) is 7.93. The monoisotopic (exact) mass is 534 g/mol. The summed E-state index contributed by atoms with van der Waals surface area (Å²) in [5.74, 6) is -1.51. The largest absolute Gasteiger partial charge is 0.444 e. The molecular weight excluding hydrogens is 500 g/mol. The molecule has 2 aromatic carbocycles. The molecule has 1 fully saturated rings. The number of hydrogen-bond acceptors (Lipinski definition) is 6. The second kappa shape index (κ2) is 11.7. The zero-order chi connectivity index (χ0) is 28.2. The Bertz CT molecular complexity index is 1290. The number of benzene rings is 2. The van der Waals surface area contributed by atoms with Crippen LogP contribution in [0.3, 0.4) is 0 Å². The molecule has 1 aliphatic carbocycles. The number of anilines is 1. The van der Waals surface area contributed by atoms with Gasteiger partial charge in [0.05, 0.1) is 11.1 Å². The minimum Gasteiger partial charge on any atom is -0.444 e. The van der Waals surface area contributed by atoms with Crippen LogP contribution in [0.25, 0.3) is 0 Å².